The quantitative estimate of drug-likeness (QED) is 0.778. The Morgan fingerprint density at radius 3 is 2.83 bits per heavy atom. The summed E-state index contributed by atoms with van der Waals surface area (Å²) in [5.41, 5.74) is -0.291. The first-order valence-corrected chi connectivity index (χ1v) is 6.82. The smallest absolute Gasteiger partial charge is 0.308 e. The van der Waals surface area contributed by atoms with E-state index >= 15 is 0 Å². The number of carbonyl (C=O) groups is 2. The van der Waals surface area contributed by atoms with Crippen LogP contribution in [0, 0.1) is 11.3 Å². The Morgan fingerprint density at radius 2 is 2.28 bits per heavy atom. The fourth-order valence-corrected chi connectivity index (χ4v) is 3.08. The molecule has 0 aromatic carbocycles. The number of carboxylic acids is 1. The minimum absolute atomic E-state index is 0.154. The lowest BCUT2D eigenvalue weighted by molar-refractivity contribution is -0.149. The zero-order valence-electron chi connectivity index (χ0n) is 10.9. The van der Waals surface area contributed by atoms with Gasteiger partial charge in [-0.25, -0.2) is 0 Å². The molecule has 0 saturated carbocycles. The van der Waals surface area contributed by atoms with Crippen molar-refractivity contribution in [2.45, 2.75) is 32.6 Å². The van der Waals surface area contributed by atoms with Crippen LogP contribution in [0.4, 0.5) is 0 Å². The normalized spacial score (nSPS) is 32.5. The lowest BCUT2D eigenvalue weighted by Gasteiger charge is -2.37. The summed E-state index contributed by atoms with van der Waals surface area (Å²) in [6.07, 6.45) is 3.19. The predicted octanol–water partition coefficient (Wildman–Crippen LogP) is 0.699. The van der Waals surface area contributed by atoms with Crippen molar-refractivity contribution in [2.75, 3.05) is 26.2 Å². The molecule has 2 saturated heterocycles. The Hall–Kier alpha value is -1.10. The fourth-order valence-electron chi connectivity index (χ4n) is 3.08. The van der Waals surface area contributed by atoms with Crippen LogP contribution in [0.5, 0.6) is 0 Å². The van der Waals surface area contributed by atoms with Gasteiger partial charge in [0.2, 0.25) is 5.91 Å². The van der Waals surface area contributed by atoms with Gasteiger partial charge >= 0.3 is 5.97 Å². The Kier molecular flexibility index (Phi) is 3.90. The zero-order valence-corrected chi connectivity index (χ0v) is 10.9. The van der Waals surface area contributed by atoms with Crippen LogP contribution < -0.4 is 5.32 Å². The number of carbonyl (C=O) groups excluding carboxylic acids is 1. The van der Waals surface area contributed by atoms with E-state index in [1.807, 2.05) is 6.92 Å². The van der Waals surface area contributed by atoms with Crippen molar-refractivity contribution in [2.24, 2.45) is 11.3 Å². The minimum atomic E-state index is -0.775. The first kappa shape index (κ1) is 13.3. The van der Waals surface area contributed by atoms with E-state index in [0.29, 0.717) is 19.5 Å². The molecule has 0 aromatic heterocycles. The molecule has 0 radical (unpaired) electrons. The second-order valence-corrected chi connectivity index (χ2v) is 5.49. The molecular formula is C13H22N2O3. The van der Waals surface area contributed by atoms with Gasteiger partial charge in [0.05, 0.1) is 11.3 Å². The van der Waals surface area contributed by atoms with Gasteiger partial charge in [-0.3, -0.25) is 9.59 Å². The summed E-state index contributed by atoms with van der Waals surface area (Å²) in [6.45, 7) is 4.76. The maximum atomic E-state index is 12.6. The fraction of sp³-hybridized carbons (Fsp3) is 0.846. The van der Waals surface area contributed by atoms with Crippen molar-refractivity contribution in [3.8, 4) is 0 Å². The van der Waals surface area contributed by atoms with Crippen molar-refractivity contribution in [1.82, 2.24) is 10.2 Å². The summed E-state index contributed by atoms with van der Waals surface area (Å²) >= 11 is 0. The SMILES string of the molecule is CCC1(C(=O)N2CCCC(C(=O)O)C2)CCNC1. The van der Waals surface area contributed by atoms with Gasteiger partial charge in [0.15, 0.2) is 0 Å². The second kappa shape index (κ2) is 5.26. The molecule has 0 aliphatic carbocycles. The lowest BCUT2D eigenvalue weighted by atomic mass is 9.82. The van der Waals surface area contributed by atoms with Crippen LogP contribution in [0.2, 0.25) is 0 Å². The van der Waals surface area contributed by atoms with Crippen LogP contribution in [-0.2, 0) is 9.59 Å². The number of hydrogen-bond donors (Lipinski definition) is 2. The van der Waals surface area contributed by atoms with Crippen LogP contribution in [0.3, 0.4) is 0 Å². The molecule has 2 fully saturated rings. The van der Waals surface area contributed by atoms with E-state index in [4.69, 9.17) is 5.11 Å². The molecule has 1 amide bonds. The second-order valence-electron chi connectivity index (χ2n) is 5.49. The Labute approximate surface area is 108 Å². The van der Waals surface area contributed by atoms with Crippen molar-refractivity contribution < 1.29 is 14.7 Å². The Bertz CT molecular complexity index is 337. The number of aliphatic carboxylic acids is 1. The highest BCUT2D eigenvalue weighted by Crippen LogP contribution is 2.33. The summed E-state index contributed by atoms with van der Waals surface area (Å²) in [4.78, 5) is 25.4. The topological polar surface area (TPSA) is 69.6 Å². The maximum absolute atomic E-state index is 12.6. The third-order valence-corrected chi connectivity index (χ3v) is 4.43. The summed E-state index contributed by atoms with van der Waals surface area (Å²) in [5, 5.41) is 12.3. The summed E-state index contributed by atoms with van der Waals surface area (Å²) in [7, 11) is 0. The van der Waals surface area contributed by atoms with E-state index < -0.39 is 5.97 Å². The maximum Gasteiger partial charge on any atom is 0.308 e. The van der Waals surface area contributed by atoms with Crippen LogP contribution >= 0.6 is 0 Å². The third kappa shape index (κ3) is 2.36. The van der Waals surface area contributed by atoms with Gasteiger partial charge in [0.25, 0.3) is 0 Å². The molecule has 102 valence electrons. The molecule has 2 N–H and O–H groups in total. The highest BCUT2D eigenvalue weighted by molar-refractivity contribution is 5.84. The summed E-state index contributed by atoms with van der Waals surface area (Å²) in [5.74, 6) is -1.01. The zero-order chi connectivity index (χ0) is 13.2. The van der Waals surface area contributed by atoms with E-state index in [2.05, 4.69) is 5.32 Å². The molecule has 0 aromatic rings. The van der Waals surface area contributed by atoms with Crippen LogP contribution in [-0.4, -0.2) is 48.1 Å². The minimum Gasteiger partial charge on any atom is -0.481 e. The molecule has 2 rings (SSSR count). The van der Waals surface area contributed by atoms with Crippen molar-refractivity contribution >= 4 is 11.9 Å². The molecule has 2 aliphatic rings. The lowest BCUT2D eigenvalue weighted by Crippen LogP contribution is -2.50. The number of amides is 1. The van der Waals surface area contributed by atoms with Crippen LogP contribution in [0.1, 0.15) is 32.6 Å². The predicted molar refractivity (Wildman–Crippen MR) is 67.2 cm³/mol. The van der Waals surface area contributed by atoms with Crippen molar-refractivity contribution in [3.05, 3.63) is 0 Å². The van der Waals surface area contributed by atoms with Crippen molar-refractivity contribution in [1.29, 1.82) is 0 Å². The Morgan fingerprint density at radius 1 is 1.50 bits per heavy atom. The van der Waals surface area contributed by atoms with Gasteiger partial charge in [-0.1, -0.05) is 6.92 Å². The molecular weight excluding hydrogens is 232 g/mol. The molecule has 2 atom stereocenters. The first-order chi connectivity index (χ1) is 8.59. The number of carboxylic acid groups (broad SMARTS) is 1. The molecule has 2 aliphatic heterocycles. The van der Waals surface area contributed by atoms with Gasteiger partial charge in [-0.15, -0.1) is 0 Å². The highest BCUT2D eigenvalue weighted by Gasteiger charge is 2.43. The Balaban J connectivity index is 2.06. The van der Waals surface area contributed by atoms with E-state index in [1.54, 1.807) is 4.90 Å². The van der Waals surface area contributed by atoms with Gasteiger partial charge in [-0.2, -0.15) is 0 Å². The average molecular weight is 254 g/mol. The number of rotatable bonds is 3. The van der Waals surface area contributed by atoms with Crippen LogP contribution in [0.25, 0.3) is 0 Å². The van der Waals surface area contributed by atoms with Gasteiger partial charge < -0.3 is 15.3 Å². The van der Waals surface area contributed by atoms with Gasteiger partial charge in [0, 0.05) is 19.6 Å². The first-order valence-electron chi connectivity index (χ1n) is 6.82. The standard InChI is InChI=1S/C13H22N2O3/c1-2-13(5-6-14-9-13)12(18)15-7-3-4-10(8-15)11(16)17/h10,14H,2-9H2,1H3,(H,16,17). The third-order valence-electron chi connectivity index (χ3n) is 4.43. The molecule has 18 heavy (non-hydrogen) atoms. The molecule has 2 unspecified atom stereocenters. The number of hydrogen-bond acceptors (Lipinski definition) is 3. The number of piperidine rings is 1. The summed E-state index contributed by atoms with van der Waals surface area (Å²) < 4.78 is 0. The molecule has 2 heterocycles. The molecule has 0 spiro atoms. The van der Waals surface area contributed by atoms with Crippen LogP contribution in [0.15, 0.2) is 0 Å². The van der Waals surface area contributed by atoms with E-state index in [1.165, 1.54) is 0 Å². The molecule has 5 nitrogen and oxygen atoms in total. The molecule has 5 heteroatoms. The van der Waals surface area contributed by atoms with Gasteiger partial charge in [0.1, 0.15) is 0 Å². The average Bonchev–Trinajstić information content (AvgIpc) is 2.88. The number of likely N-dealkylation sites (tertiary alicyclic amines) is 1. The van der Waals surface area contributed by atoms with Crippen molar-refractivity contribution in [3.63, 3.8) is 0 Å². The van der Waals surface area contributed by atoms with E-state index in [-0.39, 0.29) is 17.2 Å². The number of nitrogens with one attached hydrogen (secondary N) is 1. The van der Waals surface area contributed by atoms with E-state index in [0.717, 1.165) is 32.4 Å². The highest BCUT2D eigenvalue weighted by atomic mass is 16.4. The van der Waals surface area contributed by atoms with Gasteiger partial charge in [-0.05, 0) is 32.2 Å². The molecule has 0 bridgehead atoms. The summed E-state index contributed by atoms with van der Waals surface area (Å²) in [6, 6.07) is 0. The number of nitrogens with zero attached hydrogens (tertiary/aromatic N) is 1. The largest absolute Gasteiger partial charge is 0.481 e. The monoisotopic (exact) mass is 254 g/mol. The van der Waals surface area contributed by atoms with E-state index in [9.17, 15) is 9.59 Å².